The van der Waals surface area contributed by atoms with Crippen LogP contribution in [-0.4, -0.2) is 23.2 Å². The van der Waals surface area contributed by atoms with E-state index in [0.29, 0.717) is 0 Å². The zero-order valence-electron chi connectivity index (χ0n) is 9.98. The summed E-state index contributed by atoms with van der Waals surface area (Å²) in [5.41, 5.74) is 0.896. The third kappa shape index (κ3) is 5.42. The normalized spacial score (nSPS) is 10.8. The van der Waals surface area contributed by atoms with Crippen molar-refractivity contribution in [1.29, 1.82) is 0 Å². The fourth-order valence-corrected chi connectivity index (χ4v) is 2.11. The molecule has 0 saturated heterocycles. The van der Waals surface area contributed by atoms with Crippen molar-refractivity contribution >= 4 is 11.8 Å². The maximum absolute atomic E-state index is 8.97. The zero-order valence-corrected chi connectivity index (χ0v) is 10.8. The van der Waals surface area contributed by atoms with Crippen molar-refractivity contribution in [2.45, 2.75) is 20.5 Å². The number of thioether (sulfide) groups is 1. The molecule has 0 bridgehead atoms. The largest absolute Gasteiger partial charge is 0.493 e. The molecular formula is C13H20O2S. The summed E-state index contributed by atoms with van der Waals surface area (Å²) in [7, 11) is 0. The van der Waals surface area contributed by atoms with Crippen LogP contribution >= 0.6 is 11.8 Å². The lowest BCUT2D eigenvalue weighted by molar-refractivity contribution is 0.280. The van der Waals surface area contributed by atoms with Gasteiger partial charge in [0.2, 0.25) is 0 Å². The Kier molecular flexibility index (Phi) is 6.34. The van der Waals surface area contributed by atoms with Crippen LogP contribution in [0.4, 0.5) is 0 Å². The third-order valence-corrected chi connectivity index (χ3v) is 3.39. The Morgan fingerprint density at radius 1 is 1.38 bits per heavy atom. The minimum Gasteiger partial charge on any atom is -0.493 e. The molecule has 0 saturated carbocycles. The van der Waals surface area contributed by atoms with E-state index >= 15 is 0 Å². The van der Waals surface area contributed by atoms with Gasteiger partial charge in [0.1, 0.15) is 5.75 Å². The first-order valence-corrected chi connectivity index (χ1v) is 6.78. The highest BCUT2D eigenvalue weighted by Gasteiger charge is 1.97. The predicted molar refractivity (Wildman–Crippen MR) is 70.0 cm³/mol. The first kappa shape index (κ1) is 13.4. The Bertz CT molecular complexity index is 300. The van der Waals surface area contributed by atoms with Gasteiger partial charge in [-0.15, -0.1) is 0 Å². The van der Waals surface area contributed by atoms with E-state index in [1.54, 1.807) is 0 Å². The number of benzene rings is 1. The lowest BCUT2D eigenvalue weighted by atomic mass is 10.2. The van der Waals surface area contributed by atoms with E-state index < -0.39 is 0 Å². The van der Waals surface area contributed by atoms with Crippen LogP contribution in [0.3, 0.4) is 0 Å². The molecular weight excluding hydrogens is 220 g/mol. The van der Waals surface area contributed by atoms with Gasteiger partial charge in [0.15, 0.2) is 0 Å². The van der Waals surface area contributed by atoms with Gasteiger partial charge >= 0.3 is 0 Å². The molecule has 16 heavy (non-hydrogen) atoms. The summed E-state index contributed by atoms with van der Waals surface area (Å²) in [6.07, 6.45) is 0. The van der Waals surface area contributed by atoms with E-state index in [9.17, 15) is 0 Å². The van der Waals surface area contributed by atoms with E-state index in [1.807, 2.05) is 36.0 Å². The van der Waals surface area contributed by atoms with Gasteiger partial charge in [-0.05, 0) is 29.4 Å². The first-order chi connectivity index (χ1) is 7.72. The molecule has 0 aliphatic rings. The van der Waals surface area contributed by atoms with Crippen LogP contribution in [0.2, 0.25) is 0 Å². The van der Waals surface area contributed by atoms with Crippen molar-refractivity contribution in [2.24, 2.45) is 5.92 Å². The molecule has 1 aromatic rings. The number of aliphatic hydroxyl groups is 1. The number of hydrogen-bond acceptors (Lipinski definition) is 3. The molecule has 0 radical (unpaired) electrons. The minimum absolute atomic E-state index is 0.0687. The Hall–Kier alpha value is -0.670. The van der Waals surface area contributed by atoms with Crippen LogP contribution in [0.15, 0.2) is 24.3 Å². The van der Waals surface area contributed by atoms with Gasteiger partial charge in [0.25, 0.3) is 0 Å². The molecule has 0 unspecified atom stereocenters. The summed E-state index contributed by atoms with van der Waals surface area (Å²) in [6.45, 7) is 5.24. The summed E-state index contributed by atoms with van der Waals surface area (Å²) in [5.74, 6) is 3.78. The van der Waals surface area contributed by atoms with Crippen molar-refractivity contribution in [3.05, 3.63) is 29.8 Å². The molecule has 1 N–H and O–H groups in total. The second-order valence-corrected chi connectivity index (χ2v) is 5.27. The molecule has 0 spiro atoms. The molecule has 1 aromatic carbocycles. The molecule has 0 amide bonds. The SMILES string of the molecule is CC(C)CSCCOc1cccc(CO)c1. The lowest BCUT2D eigenvalue weighted by Crippen LogP contribution is -2.02. The molecule has 0 heterocycles. The number of ether oxygens (including phenoxy) is 1. The van der Waals surface area contributed by atoms with Crippen molar-refractivity contribution < 1.29 is 9.84 Å². The number of rotatable bonds is 7. The maximum Gasteiger partial charge on any atom is 0.119 e. The van der Waals surface area contributed by atoms with Gasteiger partial charge in [-0.2, -0.15) is 11.8 Å². The Balaban J connectivity index is 2.21. The van der Waals surface area contributed by atoms with E-state index in [1.165, 1.54) is 5.75 Å². The van der Waals surface area contributed by atoms with E-state index in [4.69, 9.17) is 9.84 Å². The van der Waals surface area contributed by atoms with Crippen LogP contribution in [0.5, 0.6) is 5.75 Å². The molecule has 90 valence electrons. The second kappa shape index (κ2) is 7.58. The van der Waals surface area contributed by atoms with Gasteiger partial charge in [-0.25, -0.2) is 0 Å². The van der Waals surface area contributed by atoms with Crippen LogP contribution in [0.1, 0.15) is 19.4 Å². The predicted octanol–water partition coefficient (Wildman–Crippen LogP) is 2.95. The molecule has 2 nitrogen and oxygen atoms in total. The highest BCUT2D eigenvalue weighted by atomic mass is 32.2. The quantitative estimate of drug-likeness (QED) is 0.743. The Labute approximate surface area is 102 Å². The number of hydrogen-bond donors (Lipinski definition) is 1. The van der Waals surface area contributed by atoms with Crippen LogP contribution in [0.25, 0.3) is 0 Å². The zero-order chi connectivity index (χ0) is 11.8. The fraction of sp³-hybridized carbons (Fsp3) is 0.538. The molecule has 0 aromatic heterocycles. The topological polar surface area (TPSA) is 29.5 Å². The highest BCUT2D eigenvalue weighted by molar-refractivity contribution is 7.99. The van der Waals surface area contributed by atoms with E-state index in [-0.39, 0.29) is 6.61 Å². The van der Waals surface area contributed by atoms with Crippen molar-refractivity contribution in [3.63, 3.8) is 0 Å². The van der Waals surface area contributed by atoms with Gasteiger partial charge in [-0.3, -0.25) is 0 Å². The monoisotopic (exact) mass is 240 g/mol. The van der Waals surface area contributed by atoms with Gasteiger partial charge in [-0.1, -0.05) is 26.0 Å². The average Bonchev–Trinajstić information content (AvgIpc) is 2.28. The summed E-state index contributed by atoms with van der Waals surface area (Å²) in [5, 5.41) is 8.97. The minimum atomic E-state index is 0.0687. The standard InChI is InChI=1S/C13H20O2S/c1-11(2)10-16-7-6-15-13-5-3-4-12(8-13)9-14/h3-5,8,11,14H,6-7,9-10H2,1-2H3. The first-order valence-electron chi connectivity index (χ1n) is 5.62. The van der Waals surface area contributed by atoms with Gasteiger partial charge < -0.3 is 9.84 Å². The van der Waals surface area contributed by atoms with E-state index in [2.05, 4.69) is 13.8 Å². The van der Waals surface area contributed by atoms with Crippen LogP contribution in [0, 0.1) is 5.92 Å². The van der Waals surface area contributed by atoms with Crippen molar-refractivity contribution in [3.8, 4) is 5.75 Å². The third-order valence-electron chi connectivity index (χ3n) is 2.03. The molecule has 1 rings (SSSR count). The smallest absolute Gasteiger partial charge is 0.119 e. The van der Waals surface area contributed by atoms with Gasteiger partial charge in [0, 0.05) is 5.75 Å². The highest BCUT2D eigenvalue weighted by Crippen LogP contribution is 2.14. The molecule has 0 atom stereocenters. The molecule has 0 fully saturated rings. The van der Waals surface area contributed by atoms with Crippen molar-refractivity contribution in [2.75, 3.05) is 18.1 Å². The summed E-state index contributed by atoms with van der Waals surface area (Å²) in [4.78, 5) is 0. The lowest BCUT2D eigenvalue weighted by Gasteiger charge is -2.08. The maximum atomic E-state index is 8.97. The second-order valence-electron chi connectivity index (χ2n) is 4.12. The molecule has 3 heteroatoms. The molecule has 0 aliphatic carbocycles. The van der Waals surface area contributed by atoms with E-state index in [0.717, 1.165) is 29.6 Å². The number of aliphatic hydroxyl groups excluding tert-OH is 1. The fourth-order valence-electron chi connectivity index (χ4n) is 1.27. The van der Waals surface area contributed by atoms with Crippen molar-refractivity contribution in [1.82, 2.24) is 0 Å². The average molecular weight is 240 g/mol. The van der Waals surface area contributed by atoms with Crippen LogP contribution in [-0.2, 0) is 6.61 Å². The summed E-state index contributed by atoms with van der Waals surface area (Å²) in [6, 6.07) is 7.60. The summed E-state index contributed by atoms with van der Waals surface area (Å²) < 4.78 is 5.60. The Morgan fingerprint density at radius 2 is 2.19 bits per heavy atom. The van der Waals surface area contributed by atoms with Gasteiger partial charge in [0.05, 0.1) is 13.2 Å². The Morgan fingerprint density at radius 3 is 2.88 bits per heavy atom. The molecule has 0 aliphatic heterocycles. The summed E-state index contributed by atoms with van der Waals surface area (Å²) >= 11 is 1.92. The van der Waals surface area contributed by atoms with Crippen LogP contribution < -0.4 is 4.74 Å².